The predicted octanol–water partition coefficient (Wildman–Crippen LogP) is 3.69. The van der Waals surface area contributed by atoms with Crippen LogP contribution in [-0.2, 0) is 14.3 Å². The zero-order valence-corrected chi connectivity index (χ0v) is 13.8. The van der Waals surface area contributed by atoms with Crippen LogP contribution in [0.15, 0.2) is 27.8 Å². The van der Waals surface area contributed by atoms with Gasteiger partial charge in [-0.2, -0.15) is 13.2 Å². The first-order valence-corrected chi connectivity index (χ1v) is 7.33. The van der Waals surface area contributed by atoms with Gasteiger partial charge in [-0.1, -0.05) is 0 Å². The van der Waals surface area contributed by atoms with Crippen LogP contribution in [0.2, 0.25) is 0 Å². The van der Waals surface area contributed by atoms with E-state index in [0.29, 0.717) is 11.3 Å². The van der Waals surface area contributed by atoms with Crippen molar-refractivity contribution in [2.24, 2.45) is 0 Å². The monoisotopic (exact) mass is 428 g/mol. The van der Waals surface area contributed by atoms with Gasteiger partial charge in [-0.25, -0.2) is 4.79 Å². The van der Waals surface area contributed by atoms with Crippen molar-refractivity contribution < 1.29 is 32.2 Å². The third-order valence-corrected chi connectivity index (χ3v) is 4.33. The number of ether oxygens (including phenoxy) is 3. The van der Waals surface area contributed by atoms with Crippen LogP contribution >= 0.6 is 22.6 Å². The molecule has 0 radical (unpaired) electrons. The number of esters is 1. The highest BCUT2D eigenvalue weighted by Crippen LogP contribution is 2.55. The quantitative estimate of drug-likeness (QED) is 0.542. The standard InChI is InChI=1S/C14H12F3IO4/c1-3-21-12(19)13(14(15,16)17)11(18)10(22-13)8-4-6-9(20-2)7-5-8/h4-7H,3H2,1-2H3/t13-/m1/s1. The summed E-state index contributed by atoms with van der Waals surface area (Å²) in [6, 6.07) is 6.29. The lowest BCUT2D eigenvalue weighted by molar-refractivity contribution is -0.254. The van der Waals surface area contributed by atoms with E-state index in [0.717, 1.165) is 0 Å². The molecule has 0 amide bonds. The number of benzene rings is 1. The second-order valence-electron chi connectivity index (χ2n) is 4.37. The molecule has 4 nitrogen and oxygen atoms in total. The first-order valence-electron chi connectivity index (χ1n) is 6.25. The minimum Gasteiger partial charge on any atom is -0.497 e. The van der Waals surface area contributed by atoms with Crippen molar-refractivity contribution in [1.29, 1.82) is 0 Å². The molecular weight excluding hydrogens is 416 g/mol. The van der Waals surface area contributed by atoms with Crippen LogP contribution in [-0.4, -0.2) is 31.5 Å². The number of methoxy groups -OCH3 is 1. The average Bonchev–Trinajstić information content (AvgIpc) is 2.45. The van der Waals surface area contributed by atoms with E-state index < -0.39 is 17.7 Å². The minimum absolute atomic E-state index is 0.00799. The van der Waals surface area contributed by atoms with Gasteiger partial charge < -0.3 is 14.2 Å². The van der Waals surface area contributed by atoms with Crippen LogP contribution in [0.5, 0.6) is 5.75 Å². The maximum atomic E-state index is 13.3. The van der Waals surface area contributed by atoms with Crippen LogP contribution in [0.4, 0.5) is 13.2 Å². The van der Waals surface area contributed by atoms with Crippen molar-refractivity contribution in [3.63, 3.8) is 0 Å². The smallest absolute Gasteiger partial charge is 0.444 e. The van der Waals surface area contributed by atoms with E-state index in [9.17, 15) is 18.0 Å². The summed E-state index contributed by atoms with van der Waals surface area (Å²) >= 11 is 1.47. The molecule has 0 spiro atoms. The van der Waals surface area contributed by atoms with Gasteiger partial charge in [0, 0.05) is 5.56 Å². The summed E-state index contributed by atoms with van der Waals surface area (Å²) in [5.41, 5.74) is -2.60. The molecule has 0 aromatic heterocycles. The molecule has 0 saturated carbocycles. The van der Waals surface area contributed by atoms with E-state index in [-0.39, 0.29) is 15.9 Å². The van der Waals surface area contributed by atoms with Gasteiger partial charge in [-0.15, -0.1) is 0 Å². The molecule has 0 unspecified atom stereocenters. The molecular formula is C14H12F3IO4. The number of alkyl halides is 3. The second kappa shape index (κ2) is 5.98. The fourth-order valence-corrected chi connectivity index (χ4v) is 3.00. The zero-order chi connectivity index (χ0) is 16.5. The summed E-state index contributed by atoms with van der Waals surface area (Å²) in [7, 11) is 1.48. The van der Waals surface area contributed by atoms with Crippen LogP contribution < -0.4 is 4.74 Å². The Labute approximate surface area is 138 Å². The van der Waals surface area contributed by atoms with Crippen LogP contribution in [0, 0.1) is 0 Å². The Balaban J connectivity index is 2.41. The Morgan fingerprint density at radius 1 is 1.32 bits per heavy atom. The van der Waals surface area contributed by atoms with Gasteiger partial charge in [0.2, 0.25) is 0 Å². The molecule has 120 valence electrons. The lowest BCUT2D eigenvalue weighted by atomic mass is 9.94. The molecule has 1 heterocycles. The molecule has 8 heteroatoms. The van der Waals surface area contributed by atoms with Crippen molar-refractivity contribution in [2.75, 3.05) is 13.7 Å². The summed E-state index contributed by atoms with van der Waals surface area (Å²) in [5, 5.41) is 0. The van der Waals surface area contributed by atoms with Gasteiger partial charge in [-0.05, 0) is 53.8 Å². The van der Waals surface area contributed by atoms with Crippen molar-refractivity contribution in [3.8, 4) is 5.75 Å². The summed E-state index contributed by atoms with van der Waals surface area (Å²) in [6.45, 7) is 1.27. The van der Waals surface area contributed by atoms with Crippen LogP contribution in [0.25, 0.3) is 5.76 Å². The summed E-state index contributed by atoms with van der Waals surface area (Å²) in [6.07, 6.45) is -4.90. The molecule has 22 heavy (non-hydrogen) atoms. The first kappa shape index (κ1) is 16.9. The predicted molar refractivity (Wildman–Crippen MR) is 80.4 cm³/mol. The highest BCUT2D eigenvalue weighted by Gasteiger charge is 2.72. The topological polar surface area (TPSA) is 44.8 Å². The van der Waals surface area contributed by atoms with E-state index in [4.69, 9.17) is 9.47 Å². The summed E-state index contributed by atoms with van der Waals surface area (Å²) in [4.78, 5) is 11.8. The molecule has 1 aromatic rings. The molecule has 1 aliphatic heterocycles. The highest BCUT2D eigenvalue weighted by atomic mass is 127. The normalized spacial score (nSPS) is 21.0. The lowest BCUT2D eigenvalue weighted by Gasteiger charge is -2.42. The number of carbonyl (C=O) groups excluding carboxylic acids is 1. The highest BCUT2D eigenvalue weighted by molar-refractivity contribution is 14.1. The summed E-state index contributed by atoms with van der Waals surface area (Å²) in [5.74, 6) is -0.885. The third-order valence-electron chi connectivity index (χ3n) is 3.08. The van der Waals surface area contributed by atoms with E-state index in [1.807, 2.05) is 0 Å². The van der Waals surface area contributed by atoms with Gasteiger partial charge in [0.1, 0.15) is 11.5 Å². The first-order chi connectivity index (χ1) is 10.3. The average molecular weight is 428 g/mol. The van der Waals surface area contributed by atoms with Gasteiger partial charge in [0.05, 0.1) is 17.3 Å². The Hall–Kier alpha value is -1.45. The fraction of sp³-hybridized carbons (Fsp3) is 0.357. The van der Waals surface area contributed by atoms with Gasteiger partial charge >= 0.3 is 17.7 Å². The van der Waals surface area contributed by atoms with Crippen molar-refractivity contribution in [2.45, 2.75) is 18.7 Å². The summed E-state index contributed by atoms with van der Waals surface area (Å²) < 4.78 is 54.1. The molecule has 0 bridgehead atoms. The van der Waals surface area contributed by atoms with Crippen LogP contribution in [0.1, 0.15) is 12.5 Å². The Bertz CT molecular complexity index is 610. The van der Waals surface area contributed by atoms with Crippen molar-refractivity contribution in [1.82, 2.24) is 0 Å². The van der Waals surface area contributed by atoms with E-state index in [1.54, 1.807) is 24.3 Å². The molecule has 1 atom stereocenters. The van der Waals surface area contributed by atoms with Crippen molar-refractivity contribution in [3.05, 3.63) is 33.4 Å². The third kappa shape index (κ3) is 2.53. The molecule has 1 aliphatic rings. The number of rotatable bonds is 4. The molecule has 0 aliphatic carbocycles. The molecule has 2 rings (SSSR count). The van der Waals surface area contributed by atoms with E-state index >= 15 is 0 Å². The SMILES string of the molecule is CCOC(=O)[C@]1(C(F)(F)F)OC(c2ccc(OC)cc2)=C1I. The lowest BCUT2D eigenvalue weighted by Crippen LogP contribution is -2.59. The molecule has 1 aromatic carbocycles. The van der Waals surface area contributed by atoms with E-state index in [1.165, 1.54) is 36.6 Å². The zero-order valence-electron chi connectivity index (χ0n) is 11.7. The maximum Gasteiger partial charge on any atom is 0.444 e. The molecule has 0 fully saturated rings. The maximum absolute atomic E-state index is 13.3. The molecule has 0 saturated heterocycles. The van der Waals surface area contributed by atoms with Gasteiger partial charge in [0.25, 0.3) is 0 Å². The Morgan fingerprint density at radius 2 is 1.91 bits per heavy atom. The largest absolute Gasteiger partial charge is 0.497 e. The van der Waals surface area contributed by atoms with Gasteiger partial charge in [0.15, 0.2) is 0 Å². The second-order valence-corrected chi connectivity index (χ2v) is 5.45. The molecule has 0 N–H and O–H groups in total. The Kier molecular flexibility index (Phi) is 4.59. The Morgan fingerprint density at radius 3 is 2.32 bits per heavy atom. The number of halogens is 4. The van der Waals surface area contributed by atoms with Gasteiger partial charge in [-0.3, -0.25) is 0 Å². The van der Waals surface area contributed by atoms with E-state index in [2.05, 4.69) is 4.74 Å². The van der Waals surface area contributed by atoms with Crippen molar-refractivity contribution >= 4 is 34.3 Å². The number of hydrogen-bond donors (Lipinski definition) is 0. The number of carbonyl (C=O) groups is 1. The van der Waals surface area contributed by atoms with Crippen LogP contribution in [0.3, 0.4) is 0 Å². The fourth-order valence-electron chi connectivity index (χ4n) is 1.95. The number of hydrogen-bond acceptors (Lipinski definition) is 4. The minimum atomic E-state index is -4.90.